The largest absolute Gasteiger partial charge is 0.514 e. The Morgan fingerprint density at radius 1 is 1.29 bits per heavy atom. The van der Waals surface area contributed by atoms with Gasteiger partial charge in [-0.05, 0) is 32.4 Å². The highest BCUT2D eigenvalue weighted by atomic mass is 35.5. The number of halogens is 2. The normalized spacial score (nSPS) is 11.1. The SMILES string of the molecule is CC(C)(C)OC(=O)Oc1ccc(COC(=O)C(Cl)Cl)cc1[N+](=O)[O-]. The molecule has 0 saturated heterocycles. The highest BCUT2D eigenvalue weighted by Crippen LogP contribution is 2.29. The van der Waals surface area contributed by atoms with Gasteiger partial charge in [0.05, 0.1) is 4.92 Å². The predicted molar refractivity (Wildman–Crippen MR) is 85.2 cm³/mol. The van der Waals surface area contributed by atoms with Crippen LogP contribution in [0.2, 0.25) is 0 Å². The number of benzene rings is 1. The van der Waals surface area contributed by atoms with Gasteiger partial charge in [0, 0.05) is 6.07 Å². The number of ether oxygens (including phenoxy) is 3. The zero-order valence-electron chi connectivity index (χ0n) is 13.1. The summed E-state index contributed by atoms with van der Waals surface area (Å²) < 4.78 is 14.5. The third-order valence-electron chi connectivity index (χ3n) is 2.36. The summed E-state index contributed by atoms with van der Waals surface area (Å²) >= 11 is 10.6. The molecule has 1 rings (SSSR count). The van der Waals surface area contributed by atoms with Crippen molar-refractivity contribution in [2.75, 3.05) is 0 Å². The van der Waals surface area contributed by atoms with Crippen LogP contribution in [-0.4, -0.2) is 27.5 Å². The van der Waals surface area contributed by atoms with E-state index in [-0.39, 0.29) is 12.4 Å². The lowest BCUT2D eigenvalue weighted by Gasteiger charge is -2.18. The Kier molecular flexibility index (Phi) is 6.80. The van der Waals surface area contributed by atoms with Gasteiger partial charge in [0.15, 0.2) is 0 Å². The van der Waals surface area contributed by atoms with Gasteiger partial charge in [-0.2, -0.15) is 0 Å². The summed E-state index contributed by atoms with van der Waals surface area (Å²) in [4.78, 5) is 31.8. The Morgan fingerprint density at radius 3 is 2.42 bits per heavy atom. The number of nitrogens with zero attached hydrogens (tertiary/aromatic N) is 1. The van der Waals surface area contributed by atoms with Gasteiger partial charge in [0.25, 0.3) is 0 Å². The van der Waals surface area contributed by atoms with Crippen LogP contribution in [0.5, 0.6) is 5.75 Å². The molecule has 1 aromatic rings. The molecule has 0 N–H and O–H groups in total. The van der Waals surface area contributed by atoms with Crippen LogP contribution in [-0.2, 0) is 20.9 Å². The minimum absolute atomic E-state index is 0.275. The van der Waals surface area contributed by atoms with Crippen LogP contribution in [0.4, 0.5) is 10.5 Å². The Hall–Kier alpha value is -2.06. The Morgan fingerprint density at radius 2 is 1.92 bits per heavy atom. The van der Waals surface area contributed by atoms with Crippen LogP contribution in [0.1, 0.15) is 26.3 Å². The fourth-order valence-corrected chi connectivity index (χ4v) is 1.59. The lowest BCUT2D eigenvalue weighted by Crippen LogP contribution is -2.26. The topological polar surface area (TPSA) is 105 Å². The molecule has 0 atom stereocenters. The monoisotopic (exact) mass is 379 g/mol. The summed E-state index contributed by atoms with van der Waals surface area (Å²) in [5.74, 6) is -1.17. The van der Waals surface area contributed by atoms with Crippen LogP contribution in [0.25, 0.3) is 0 Å². The van der Waals surface area contributed by atoms with Gasteiger partial charge in [-0.15, -0.1) is 0 Å². The molecule has 1 aromatic carbocycles. The summed E-state index contributed by atoms with van der Waals surface area (Å²) in [5, 5.41) is 11.1. The molecule has 0 amide bonds. The minimum atomic E-state index is -1.35. The molecule has 0 heterocycles. The number of carbonyl (C=O) groups is 2. The molecule has 8 nitrogen and oxygen atoms in total. The molecule has 0 spiro atoms. The molecule has 0 radical (unpaired) electrons. The third kappa shape index (κ3) is 6.59. The van der Waals surface area contributed by atoms with E-state index in [0.717, 1.165) is 6.07 Å². The van der Waals surface area contributed by atoms with E-state index in [0.29, 0.717) is 5.56 Å². The average Bonchev–Trinajstić information content (AvgIpc) is 2.43. The van der Waals surface area contributed by atoms with Crippen LogP contribution >= 0.6 is 23.2 Å². The number of carbonyl (C=O) groups excluding carboxylic acids is 2. The summed E-state index contributed by atoms with van der Waals surface area (Å²) in [6.07, 6.45) is -1.07. The molecule has 0 aromatic heterocycles. The van der Waals surface area contributed by atoms with Crippen molar-refractivity contribution in [2.45, 2.75) is 37.8 Å². The predicted octanol–water partition coefficient (Wildman–Crippen LogP) is 3.76. The van der Waals surface area contributed by atoms with Crippen molar-refractivity contribution in [1.82, 2.24) is 0 Å². The quantitative estimate of drug-likeness (QED) is 0.252. The highest BCUT2D eigenvalue weighted by Gasteiger charge is 2.23. The molecule has 10 heteroatoms. The maximum atomic E-state index is 11.6. The van der Waals surface area contributed by atoms with Crippen molar-refractivity contribution in [3.63, 3.8) is 0 Å². The number of alkyl halides is 2. The molecular weight excluding hydrogens is 365 g/mol. The van der Waals surface area contributed by atoms with Crippen molar-refractivity contribution in [3.8, 4) is 5.75 Å². The van der Waals surface area contributed by atoms with E-state index in [1.54, 1.807) is 20.8 Å². The Balaban J connectivity index is 2.89. The Labute approximate surface area is 147 Å². The van der Waals surface area contributed by atoms with E-state index in [1.165, 1.54) is 12.1 Å². The summed E-state index contributed by atoms with van der Waals surface area (Å²) in [7, 11) is 0. The number of rotatable bonds is 5. The first-order valence-corrected chi connectivity index (χ1v) is 7.50. The lowest BCUT2D eigenvalue weighted by molar-refractivity contribution is -0.385. The van der Waals surface area contributed by atoms with Crippen LogP contribution in [0.3, 0.4) is 0 Å². The van der Waals surface area contributed by atoms with Gasteiger partial charge < -0.3 is 14.2 Å². The summed E-state index contributed by atoms with van der Waals surface area (Å²) in [5.41, 5.74) is -0.997. The summed E-state index contributed by atoms with van der Waals surface area (Å²) in [6, 6.07) is 3.69. The molecule has 24 heavy (non-hydrogen) atoms. The molecule has 132 valence electrons. The number of hydrogen-bond acceptors (Lipinski definition) is 7. The standard InChI is InChI=1S/C14H15Cl2NO7/c1-14(2,3)24-13(19)23-10-5-4-8(6-9(10)17(20)21)7-22-12(18)11(15)16/h4-6,11H,7H2,1-3H3. The second-order valence-electron chi connectivity index (χ2n) is 5.53. The molecule has 0 fully saturated rings. The fraction of sp³-hybridized carbons (Fsp3) is 0.429. The smallest absolute Gasteiger partial charge is 0.459 e. The minimum Gasteiger partial charge on any atom is -0.459 e. The van der Waals surface area contributed by atoms with Crippen molar-refractivity contribution in [3.05, 3.63) is 33.9 Å². The first kappa shape index (κ1) is 20.0. The van der Waals surface area contributed by atoms with Crippen LogP contribution in [0, 0.1) is 10.1 Å². The van der Waals surface area contributed by atoms with E-state index in [2.05, 4.69) is 0 Å². The van der Waals surface area contributed by atoms with Gasteiger partial charge >= 0.3 is 17.8 Å². The van der Waals surface area contributed by atoms with Crippen molar-refractivity contribution >= 4 is 41.0 Å². The van der Waals surface area contributed by atoms with E-state index < -0.39 is 33.2 Å². The number of esters is 1. The second-order valence-corrected chi connectivity index (χ2v) is 6.63. The van der Waals surface area contributed by atoms with E-state index in [1.807, 2.05) is 0 Å². The van der Waals surface area contributed by atoms with Crippen molar-refractivity contribution in [2.24, 2.45) is 0 Å². The number of hydrogen-bond donors (Lipinski definition) is 0. The average molecular weight is 380 g/mol. The zero-order chi connectivity index (χ0) is 18.5. The zero-order valence-corrected chi connectivity index (χ0v) is 14.6. The highest BCUT2D eigenvalue weighted by molar-refractivity contribution is 6.52. The Bertz CT molecular complexity index is 641. The van der Waals surface area contributed by atoms with Crippen molar-refractivity contribution < 1.29 is 28.7 Å². The molecule has 0 aliphatic carbocycles. The maximum Gasteiger partial charge on any atom is 0.514 e. The molecule has 0 bridgehead atoms. The molecule has 0 saturated carbocycles. The molecular formula is C14H15Cl2NO7. The number of nitro benzene ring substituents is 1. The van der Waals surface area contributed by atoms with E-state index >= 15 is 0 Å². The maximum absolute atomic E-state index is 11.6. The van der Waals surface area contributed by atoms with Crippen LogP contribution < -0.4 is 4.74 Å². The van der Waals surface area contributed by atoms with Gasteiger partial charge in [-0.25, -0.2) is 9.59 Å². The summed E-state index contributed by atoms with van der Waals surface area (Å²) in [6.45, 7) is 4.60. The number of nitro groups is 1. The molecule has 0 aliphatic heterocycles. The van der Waals surface area contributed by atoms with Gasteiger partial charge in [-0.1, -0.05) is 29.3 Å². The van der Waals surface area contributed by atoms with Gasteiger partial charge in [-0.3, -0.25) is 10.1 Å². The van der Waals surface area contributed by atoms with Crippen molar-refractivity contribution in [1.29, 1.82) is 0 Å². The third-order valence-corrected chi connectivity index (χ3v) is 2.72. The first-order chi connectivity index (χ1) is 11.0. The van der Waals surface area contributed by atoms with E-state index in [9.17, 15) is 19.7 Å². The second kappa shape index (κ2) is 8.16. The van der Waals surface area contributed by atoms with E-state index in [4.69, 9.17) is 37.4 Å². The lowest BCUT2D eigenvalue weighted by atomic mass is 10.2. The fourth-order valence-electron chi connectivity index (χ4n) is 1.46. The van der Waals surface area contributed by atoms with Gasteiger partial charge in [0.1, 0.15) is 12.2 Å². The first-order valence-electron chi connectivity index (χ1n) is 6.62. The van der Waals surface area contributed by atoms with Gasteiger partial charge in [0.2, 0.25) is 10.6 Å². The molecule has 0 unspecified atom stereocenters. The van der Waals surface area contributed by atoms with Crippen LogP contribution in [0.15, 0.2) is 18.2 Å². The molecule has 0 aliphatic rings.